The summed E-state index contributed by atoms with van der Waals surface area (Å²) in [6.45, 7) is 0. The quantitative estimate of drug-likeness (QED) is 0.388. The fourth-order valence-electron chi connectivity index (χ4n) is 4.37. The van der Waals surface area contributed by atoms with Crippen LogP contribution >= 0.6 is 12.2 Å². The van der Waals surface area contributed by atoms with Gasteiger partial charge in [0, 0.05) is 29.8 Å². The van der Waals surface area contributed by atoms with E-state index < -0.39 is 0 Å². The molecule has 2 aromatic heterocycles. The lowest BCUT2D eigenvalue weighted by atomic mass is 10.0. The Kier molecular flexibility index (Phi) is 5.90. The largest absolute Gasteiger partial charge is 0.497 e. The number of pyridine rings is 1. The maximum atomic E-state index is 13.6. The molecule has 1 N–H and O–H groups in total. The van der Waals surface area contributed by atoms with Crippen LogP contribution in [0.5, 0.6) is 11.5 Å². The Labute approximate surface area is 202 Å². The summed E-state index contributed by atoms with van der Waals surface area (Å²) in [7, 11) is 3.24. The SMILES string of the molecule is COc1ccc(N2C(=S)N[C@H](c3ccccn3)[C@@H]2c2cccn2-c2ccc(F)cc2)c(OC)c1. The van der Waals surface area contributed by atoms with E-state index >= 15 is 0 Å². The summed E-state index contributed by atoms with van der Waals surface area (Å²) in [6, 6.07) is 21.4. The number of anilines is 1. The predicted octanol–water partition coefficient (Wildman–Crippen LogP) is 5.21. The fourth-order valence-corrected chi connectivity index (χ4v) is 4.71. The summed E-state index contributed by atoms with van der Waals surface area (Å²) >= 11 is 5.84. The van der Waals surface area contributed by atoms with Gasteiger partial charge in [0.05, 0.1) is 31.6 Å². The first-order chi connectivity index (χ1) is 16.6. The van der Waals surface area contributed by atoms with Crippen molar-refractivity contribution in [3.63, 3.8) is 0 Å². The van der Waals surface area contributed by atoms with Gasteiger partial charge in [-0.05, 0) is 72.9 Å². The minimum Gasteiger partial charge on any atom is -0.497 e. The molecule has 8 heteroatoms. The Balaban J connectivity index is 1.68. The van der Waals surface area contributed by atoms with E-state index in [4.69, 9.17) is 21.7 Å². The lowest BCUT2D eigenvalue weighted by molar-refractivity contribution is 0.394. The summed E-state index contributed by atoms with van der Waals surface area (Å²) < 4.78 is 26.8. The Morgan fingerprint density at radius 3 is 2.50 bits per heavy atom. The third-order valence-corrected chi connectivity index (χ3v) is 6.25. The van der Waals surface area contributed by atoms with E-state index in [9.17, 15) is 4.39 Å². The van der Waals surface area contributed by atoms with Crippen molar-refractivity contribution >= 4 is 23.0 Å². The molecule has 172 valence electrons. The summed E-state index contributed by atoms with van der Waals surface area (Å²) in [5.41, 5.74) is 3.47. The lowest BCUT2D eigenvalue weighted by Gasteiger charge is -2.30. The van der Waals surface area contributed by atoms with Crippen molar-refractivity contribution in [1.82, 2.24) is 14.9 Å². The molecule has 0 bridgehead atoms. The van der Waals surface area contributed by atoms with E-state index in [1.54, 1.807) is 32.5 Å². The Bertz CT molecular complexity index is 1310. The first kappa shape index (κ1) is 21.9. The summed E-state index contributed by atoms with van der Waals surface area (Å²) in [5, 5.41) is 4.01. The van der Waals surface area contributed by atoms with Crippen LogP contribution < -0.4 is 19.7 Å². The number of halogens is 1. The van der Waals surface area contributed by atoms with Crippen molar-refractivity contribution in [2.45, 2.75) is 12.1 Å². The second kappa shape index (κ2) is 9.15. The topological polar surface area (TPSA) is 51.5 Å². The van der Waals surface area contributed by atoms with E-state index in [1.165, 1.54) is 12.1 Å². The number of hydrogen-bond acceptors (Lipinski definition) is 4. The molecule has 0 aliphatic carbocycles. The van der Waals surface area contributed by atoms with Crippen LogP contribution in [0.3, 0.4) is 0 Å². The molecule has 0 amide bonds. The molecule has 0 saturated carbocycles. The normalized spacial score (nSPS) is 17.5. The molecular weight excluding hydrogens is 451 g/mol. The van der Waals surface area contributed by atoms with Gasteiger partial charge in [-0.25, -0.2) is 4.39 Å². The molecule has 1 fully saturated rings. The van der Waals surface area contributed by atoms with E-state index in [0.29, 0.717) is 16.6 Å². The minimum atomic E-state index is -0.280. The molecule has 3 heterocycles. The van der Waals surface area contributed by atoms with Crippen molar-refractivity contribution in [3.8, 4) is 17.2 Å². The van der Waals surface area contributed by atoms with Crippen molar-refractivity contribution < 1.29 is 13.9 Å². The van der Waals surface area contributed by atoms with Gasteiger partial charge in [-0.15, -0.1) is 0 Å². The van der Waals surface area contributed by atoms with Gasteiger partial charge in [-0.1, -0.05) is 6.07 Å². The standard InChI is InChI=1S/C26H23FN4O2S/c1-32-19-12-13-21(23(16-19)33-2)31-25(24(29-26(31)34)20-6-3-4-14-28-20)22-7-5-15-30(22)18-10-8-17(27)9-11-18/h3-16,24-25H,1-2H3,(H,29,34)/t24-,25+/m1/s1. The van der Waals surface area contributed by atoms with Crippen molar-refractivity contribution in [2.75, 3.05) is 19.1 Å². The van der Waals surface area contributed by atoms with Crippen LogP contribution in [0.2, 0.25) is 0 Å². The average molecular weight is 475 g/mol. The molecule has 2 aromatic carbocycles. The number of hydrogen-bond donors (Lipinski definition) is 1. The second-order valence-corrected chi connectivity index (χ2v) is 8.20. The minimum absolute atomic E-state index is 0.227. The first-order valence-corrected chi connectivity index (χ1v) is 11.2. The van der Waals surface area contributed by atoms with Crippen LogP contribution in [0.4, 0.5) is 10.1 Å². The number of rotatable bonds is 6. The molecule has 0 spiro atoms. The summed E-state index contributed by atoms with van der Waals surface area (Å²) in [5.74, 6) is 1.04. The Morgan fingerprint density at radius 2 is 1.79 bits per heavy atom. The number of thiocarbonyl (C=S) groups is 1. The molecule has 5 rings (SSSR count). The highest BCUT2D eigenvalue weighted by atomic mass is 32.1. The number of benzene rings is 2. The highest BCUT2D eigenvalue weighted by Gasteiger charge is 2.43. The van der Waals surface area contributed by atoms with Crippen molar-refractivity contribution in [3.05, 3.63) is 102 Å². The van der Waals surface area contributed by atoms with Gasteiger partial charge in [-0.2, -0.15) is 0 Å². The average Bonchev–Trinajstić information content (AvgIpc) is 3.49. The van der Waals surface area contributed by atoms with Crippen LogP contribution in [-0.4, -0.2) is 28.9 Å². The van der Waals surface area contributed by atoms with Gasteiger partial charge < -0.3 is 24.3 Å². The zero-order chi connectivity index (χ0) is 23.7. The summed E-state index contributed by atoms with van der Waals surface area (Å²) in [4.78, 5) is 6.65. The van der Waals surface area contributed by atoms with Crippen LogP contribution in [0, 0.1) is 5.82 Å². The summed E-state index contributed by atoms with van der Waals surface area (Å²) in [6.07, 6.45) is 3.73. The van der Waals surface area contributed by atoms with Gasteiger partial charge in [-0.3, -0.25) is 4.98 Å². The number of methoxy groups -OCH3 is 2. The van der Waals surface area contributed by atoms with Crippen LogP contribution in [0.25, 0.3) is 5.69 Å². The zero-order valence-corrected chi connectivity index (χ0v) is 19.5. The van der Waals surface area contributed by atoms with Gasteiger partial charge in [0.2, 0.25) is 0 Å². The maximum Gasteiger partial charge on any atom is 0.174 e. The molecule has 1 saturated heterocycles. The highest BCUT2D eigenvalue weighted by Crippen LogP contribution is 2.45. The molecule has 6 nitrogen and oxygen atoms in total. The maximum absolute atomic E-state index is 13.6. The number of nitrogens with zero attached hydrogens (tertiary/aromatic N) is 3. The first-order valence-electron chi connectivity index (χ1n) is 10.8. The molecule has 2 atom stereocenters. The van der Waals surface area contributed by atoms with Crippen molar-refractivity contribution in [2.24, 2.45) is 0 Å². The molecular formula is C26H23FN4O2S. The predicted molar refractivity (Wildman–Crippen MR) is 133 cm³/mol. The monoisotopic (exact) mass is 474 g/mol. The van der Waals surface area contributed by atoms with E-state index in [2.05, 4.69) is 10.3 Å². The second-order valence-electron chi connectivity index (χ2n) is 7.81. The lowest BCUT2D eigenvalue weighted by Crippen LogP contribution is -2.30. The van der Waals surface area contributed by atoms with Crippen LogP contribution in [-0.2, 0) is 0 Å². The molecule has 34 heavy (non-hydrogen) atoms. The van der Waals surface area contributed by atoms with Crippen LogP contribution in [0.15, 0.2) is 85.2 Å². The smallest absolute Gasteiger partial charge is 0.174 e. The third-order valence-electron chi connectivity index (χ3n) is 5.93. The molecule has 4 aromatic rings. The number of nitrogens with one attached hydrogen (secondary N) is 1. The zero-order valence-electron chi connectivity index (χ0n) is 18.7. The molecule has 1 aliphatic heterocycles. The van der Waals surface area contributed by atoms with Crippen LogP contribution in [0.1, 0.15) is 23.5 Å². The van der Waals surface area contributed by atoms with Gasteiger partial charge in [0.15, 0.2) is 5.11 Å². The van der Waals surface area contributed by atoms with Crippen molar-refractivity contribution in [1.29, 1.82) is 0 Å². The number of aromatic nitrogens is 2. The van der Waals surface area contributed by atoms with E-state index in [1.807, 2.05) is 64.2 Å². The molecule has 0 radical (unpaired) electrons. The highest BCUT2D eigenvalue weighted by molar-refractivity contribution is 7.80. The Hall–Kier alpha value is -3.91. The molecule has 1 aliphatic rings. The van der Waals surface area contributed by atoms with E-state index in [-0.39, 0.29) is 17.9 Å². The van der Waals surface area contributed by atoms with E-state index in [0.717, 1.165) is 22.8 Å². The van der Waals surface area contributed by atoms with Gasteiger partial charge in [0.1, 0.15) is 23.4 Å². The number of ether oxygens (including phenoxy) is 2. The van der Waals surface area contributed by atoms with Gasteiger partial charge in [0.25, 0.3) is 0 Å². The fraction of sp³-hybridized carbons (Fsp3) is 0.154. The van der Waals surface area contributed by atoms with Gasteiger partial charge >= 0.3 is 0 Å². The third kappa shape index (κ3) is 3.86. The Morgan fingerprint density at radius 1 is 0.971 bits per heavy atom. The molecule has 0 unspecified atom stereocenters.